The molecule has 1 aliphatic carbocycles. The number of halogens is 1. The summed E-state index contributed by atoms with van der Waals surface area (Å²) in [6.45, 7) is 1.92. The lowest BCUT2D eigenvalue weighted by molar-refractivity contribution is 0.857. The molecule has 2 aromatic rings. The fourth-order valence-corrected chi connectivity index (χ4v) is 1.90. The molecule has 3 rings (SSSR count). The van der Waals surface area contributed by atoms with Gasteiger partial charge in [0.15, 0.2) is 5.65 Å². The molecule has 5 heteroatoms. The van der Waals surface area contributed by atoms with E-state index >= 15 is 0 Å². The molecule has 14 heavy (non-hydrogen) atoms. The molecule has 0 bridgehead atoms. The molecular formula is C9H9ClN4. The number of hydrogen-bond acceptors (Lipinski definition) is 3. The summed E-state index contributed by atoms with van der Waals surface area (Å²) in [7, 11) is 0. The standard InChI is InChI=1S/C9H9ClN4/c1-5-11-7(10)4-8-12-13-9(14(5)8)6-2-3-6/h4,6H,2-3H2,1H3. The van der Waals surface area contributed by atoms with Gasteiger partial charge in [0.2, 0.25) is 0 Å². The zero-order valence-corrected chi connectivity index (χ0v) is 8.49. The molecule has 0 spiro atoms. The summed E-state index contributed by atoms with van der Waals surface area (Å²) >= 11 is 5.84. The van der Waals surface area contributed by atoms with Gasteiger partial charge in [0, 0.05) is 12.0 Å². The molecule has 0 saturated heterocycles. The Kier molecular flexibility index (Phi) is 1.56. The van der Waals surface area contributed by atoms with Gasteiger partial charge in [-0.2, -0.15) is 0 Å². The van der Waals surface area contributed by atoms with Crippen LogP contribution in [0.2, 0.25) is 5.15 Å². The third-order valence-corrected chi connectivity index (χ3v) is 2.69. The molecule has 0 aliphatic heterocycles. The van der Waals surface area contributed by atoms with Crippen LogP contribution in [0.4, 0.5) is 0 Å². The van der Waals surface area contributed by atoms with Gasteiger partial charge in [0.05, 0.1) is 0 Å². The quantitative estimate of drug-likeness (QED) is 0.673. The SMILES string of the molecule is Cc1nc(Cl)cc2nnc(C3CC3)n12. The average Bonchev–Trinajstić information content (AvgIpc) is 2.87. The van der Waals surface area contributed by atoms with E-state index in [0.717, 1.165) is 17.3 Å². The van der Waals surface area contributed by atoms with Crippen molar-refractivity contribution in [1.82, 2.24) is 19.6 Å². The minimum absolute atomic E-state index is 0.477. The van der Waals surface area contributed by atoms with Gasteiger partial charge in [-0.05, 0) is 19.8 Å². The zero-order valence-electron chi connectivity index (χ0n) is 7.74. The van der Waals surface area contributed by atoms with Gasteiger partial charge in [-0.25, -0.2) is 4.98 Å². The molecule has 0 unspecified atom stereocenters. The topological polar surface area (TPSA) is 43.1 Å². The highest BCUT2D eigenvalue weighted by Gasteiger charge is 2.29. The van der Waals surface area contributed by atoms with Crippen LogP contribution >= 0.6 is 11.6 Å². The molecule has 0 aromatic carbocycles. The second kappa shape index (κ2) is 2.67. The lowest BCUT2D eigenvalue weighted by Crippen LogP contribution is -1.99. The van der Waals surface area contributed by atoms with Crippen LogP contribution in [0.5, 0.6) is 0 Å². The number of fused-ring (bicyclic) bond motifs is 1. The van der Waals surface area contributed by atoms with Gasteiger partial charge in [0.25, 0.3) is 0 Å². The first kappa shape index (κ1) is 8.17. The normalized spacial score (nSPS) is 16.4. The Morgan fingerprint density at radius 1 is 1.43 bits per heavy atom. The van der Waals surface area contributed by atoms with Crippen LogP contribution in [-0.2, 0) is 0 Å². The van der Waals surface area contributed by atoms with Crippen molar-refractivity contribution in [3.05, 3.63) is 22.9 Å². The summed E-state index contributed by atoms with van der Waals surface area (Å²) in [5, 5.41) is 8.74. The summed E-state index contributed by atoms with van der Waals surface area (Å²) in [6, 6.07) is 1.74. The molecular weight excluding hydrogens is 200 g/mol. The average molecular weight is 209 g/mol. The van der Waals surface area contributed by atoms with Crippen LogP contribution in [0.25, 0.3) is 5.65 Å². The van der Waals surface area contributed by atoms with Crippen molar-refractivity contribution in [3.63, 3.8) is 0 Å². The maximum Gasteiger partial charge on any atom is 0.165 e. The Hall–Kier alpha value is -1.16. The van der Waals surface area contributed by atoms with E-state index in [4.69, 9.17) is 11.6 Å². The van der Waals surface area contributed by atoms with Crippen LogP contribution in [0, 0.1) is 6.92 Å². The van der Waals surface area contributed by atoms with E-state index < -0.39 is 0 Å². The van der Waals surface area contributed by atoms with Gasteiger partial charge >= 0.3 is 0 Å². The van der Waals surface area contributed by atoms with Gasteiger partial charge in [0.1, 0.15) is 16.8 Å². The van der Waals surface area contributed by atoms with Gasteiger partial charge in [-0.1, -0.05) is 11.6 Å². The smallest absolute Gasteiger partial charge is 0.165 e. The Bertz CT molecular complexity index is 501. The number of aromatic nitrogens is 4. The van der Waals surface area contributed by atoms with E-state index in [2.05, 4.69) is 15.2 Å². The Morgan fingerprint density at radius 2 is 2.21 bits per heavy atom. The maximum absolute atomic E-state index is 5.84. The van der Waals surface area contributed by atoms with Crippen molar-refractivity contribution in [2.24, 2.45) is 0 Å². The van der Waals surface area contributed by atoms with Crippen LogP contribution < -0.4 is 0 Å². The predicted octanol–water partition coefficient (Wildman–Crippen LogP) is 1.96. The molecule has 2 aromatic heterocycles. The fraction of sp³-hybridized carbons (Fsp3) is 0.444. The first-order valence-electron chi connectivity index (χ1n) is 4.64. The maximum atomic E-state index is 5.84. The molecule has 1 aliphatic rings. The molecule has 0 amide bonds. The lowest BCUT2D eigenvalue weighted by atomic mass is 10.4. The molecule has 0 atom stereocenters. The van der Waals surface area contributed by atoms with E-state index in [-0.39, 0.29) is 0 Å². The van der Waals surface area contributed by atoms with E-state index in [1.165, 1.54) is 12.8 Å². The fourth-order valence-electron chi connectivity index (χ4n) is 1.68. The summed E-state index contributed by atoms with van der Waals surface area (Å²) in [5.41, 5.74) is 0.796. The van der Waals surface area contributed by atoms with Crippen molar-refractivity contribution >= 4 is 17.2 Å². The molecule has 4 nitrogen and oxygen atoms in total. The van der Waals surface area contributed by atoms with Gasteiger partial charge in [-0.3, -0.25) is 4.40 Å². The summed E-state index contributed by atoms with van der Waals surface area (Å²) < 4.78 is 1.99. The largest absolute Gasteiger partial charge is 0.266 e. The van der Waals surface area contributed by atoms with E-state index in [0.29, 0.717) is 11.1 Å². The van der Waals surface area contributed by atoms with E-state index in [1.54, 1.807) is 6.07 Å². The summed E-state index contributed by atoms with van der Waals surface area (Å²) in [5.74, 6) is 2.47. The summed E-state index contributed by atoms with van der Waals surface area (Å²) in [6.07, 6.45) is 2.42. The van der Waals surface area contributed by atoms with Crippen LogP contribution in [0.3, 0.4) is 0 Å². The Morgan fingerprint density at radius 3 is 2.93 bits per heavy atom. The third kappa shape index (κ3) is 1.10. The molecule has 2 heterocycles. The van der Waals surface area contributed by atoms with Crippen LogP contribution in [-0.4, -0.2) is 19.6 Å². The Balaban J connectivity index is 2.33. The lowest BCUT2D eigenvalue weighted by Gasteiger charge is -2.01. The van der Waals surface area contributed by atoms with Crippen LogP contribution in [0.1, 0.15) is 30.4 Å². The van der Waals surface area contributed by atoms with Crippen LogP contribution in [0.15, 0.2) is 6.07 Å². The first-order valence-corrected chi connectivity index (χ1v) is 5.01. The highest BCUT2D eigenvalue weighted by molar-refractivity contribution is 6.29. The summed E-state index contributed by atoms with van der Waals surface area (Å²) in [4.78, 5) is 4.19. The highest BCUT2D eigenvalue weighted by Crippen LogP contribution is 2.39. The first-order chi connectivity index (χ1) is 6.75. The number of hydrogen-bond donors (Lipinski definition) is 0. The molecule has 0 N–H and O–H groups in total. The minimum atomic E-state index is 0.477. The third-order valence-electron chi connectivity index (χ3n) is 2.50. The predicted molar refractivity (Wildman–Crippen MR) is 52.5 cm³/mol. The molecule has 1 saturated carbocycles. The molecule has 72 valence electrons. The number of aryl methyl sites for hydroxylation is 1. The Labute approximate surface area is 85.9 Å². The number of rotatable bonds is 1. The molecule has 1 fully saturated rings. The second-order valence-electron chi connectivity index (χ2n) is 3.65. The molecule has 0 radical (unpaired) electrons. The van der Waals surface area contributed by atoms with Gasteiger partial charge in [-0.15, -0.1) is 10.2 Å². The van der Waals surface area contributed by atoms with Crippen molar-refractivity contribution in [2.75, 3.05) is 0 Å². The second-order valence-corrected chi connectivity index (χ2v) is 4.04. The van der Waals surface area contributed by atoms with Crippen molar-refractivity contribution < 1.29 is 0 Å². The van der Waals surface area contributed by atoms with E-state index in [1.807, 2.05) is 11.3 Å². The monoisotopic (exact) mass is 208 g/mol. The van der Waals surface area contributed by atoms with Crippen molar-refractivity contribution in [1.29, 1.82) is 0 Å². The highest BCUT2D eigenvalue weighted by atomic mass is 35.5. The van der Waals surface area contributed by atoms with Crippen molar-refractivity contribution in [3.8, 4) is 0 Å². The number of nitrogens with zero attached hydrogens (tertiary/aromatic N) is 4. The van der Waals surface area contributed by atoms with Gasteiger partial charge < -0.3 is 0 Å². The zero-order chi connectivity index (χ0) is 9.71. The van der Waals surface area contributed by atoms with Crippen molar-refractivity contribution in [2.45, 2.75) is 25.7 Å². The minimum Gasteiger partial charge on any atom is -0.266 e. The van der Waals surface area contributed by atoms with E-state index in [9.17, 15) is 0 Å².